The van der Waals surface area contributed by atoms with Crippen molar-refractivity contribution in [1.82, 2.24) is 0 Å². The molecular formula is C7H10N2O3. The van der Waals surface area contributed by atoms with Crippen LogP contribution in [0.3, 0.4) is 0 Å². The molecule has 0 aliphatic rings. The van der Waals surface area contributed by atoms with Gasteiger partial charge >= 0.3 is 5.97 Å². The standard InChI is InChI=1S/C7H10N2O3/c1-3-4-12-9-6(5-8)7(10)11-2/h3-4H2,1-2H3. The van der Waals surface area contributed by atoms with E-state index in [9.17, 15) is 4.79 Å². The van der Waals surface area contributed by atoms with Crippen LogP contribution in [0.25, 0.3) is 0 Å². The molecule has 0 aromatic heterocycles. The molecule has 0 saturated carbocycles. The number of hydrogen-bond acceptors (Lipinski definition) is 5. The van der Waals surface area contributed by atoms with E-state index in [1.807, 2.05) is 6.92 Å². The highest BCUT2D eigenvalue weighted by atomic mass is 16.6. The van der Waals surface area contributed by atoms with E-state index in [0.29, 0.717) is 6.61 Å². The number of methoxy groups -OCH3 is 1. The quantitative estimate of drug-likeness (QED) is 0.266. The molecule has 12 heavy (non-hydrogen) atoms. The van der Waals surface area contributed by atoms with Crippen molar-refractivity contribution in [3.63, 3.8) is 0 Å². The van der Waals surface area contributed by atoms with Gasteiger partial charge in [0, 0.05) is 0 Å². The number of nitriles is 1. The van der Waals surface area contributed by atoms with Crippen molar-refractivity contribution < 1.29 is 14.4 Å². The van der Waals surface area contributed by atoms with Crippen molar-refractivity contribution in [3.05, 3.63) is 0 Å². The minimum absolute atomic E-state index is 0.369. The number of nitrogens with zero attached hydrogens (tertiary/aromatic N) is 2. The van der Waals surface area contributed by atoms with Gasteiger partial charge in [0.1, 0.15) is 12.7 Å². The summed E-state index contributed by atoms with van der Waals surface area (Å²) in [6, 6.07) is 1.56. The molecule has 0 atom stereocenters. The third-order valence-electron chi connectivity index (χ3n) is 0.936. The van der Waals surface area contributed by atoms with Crippen molar-refractivity contribution in [3.8, 4) is 6.07 Å². The molecule has 0 bridgehead atoms. The lowest BCUT2D eigenvalue weighted by molar-refractivity contribution is -0.132. The van der Waals surface area contributed by atoms with Gasteiger partial charge in [-0.1, -0.05) is 12.1 Å². The number of oxime groups is 1. The summed E-state index contributed by atoms with van der Waals surface area (Å²) in [6.45, 7) is 2.27. The summed E-state index contributed by atoms with van der Waals surface area (Å²) >= 11 is 0. The predicted octanol–water partition coefficient (Wildman–Crippen LogP) is 0.466. The van der Waals surface area contributed by atoms with Crippen LogP contribution in [0.5, 0.6) is 0 Å². The first-order valence-electron chi connectivity index (χ1n) is 3.44. The van der Waals surface area contributed by atoms with E-state index < -0.39 is 5.97 Å². The van der Waals surface area contributed by atoms with E-state index in [-0.39, 0.29) is 5.71 Å². The maximum Gasteiger partial charge on any atom is 0.371 e. The van der Waals surface area contributed by atoms with Gasteiger partial charge in [0.25, 0.3) is 5.71 Å². The molecule has 0 aliphatic heterocycles. The second kappa shape index (κ2) is 6.16. The second-order valence-electron chi connectivity index (χ2n) is 1.88. The first kappa shape index (κ1) is 10.4. The molecular weight excluding hydrogens is 160 g/mol. The predicted molar refractivity (Wildman–Crippen MR) is 41.3 cm³/mol. The lowest BCUT2D eigenvalue weighted by Crippen LogP contribution is -2.14. The summed E-state index contributed by atoms with van der Waals surface area (Å²) in [5.74, 6) is -0.784. The topological polar surface area (TPSA) is 71.7 Å². The van der Waals surface area contributed by atoms with Gasteiger partial charge in [-0.25, -0.2) is 4.79 Å². The van der Waals surface area contributed by atoms with E-state index in [0.717, 1.165) is 6.42 Å². The molecule has 0 aromatic rings. The summed E-state index contributed by atoms with van der Waals surface area (Å²) in [4.78, 5) is 15.3. The van der Waals surface area contributed by atoms with Crippen molar-refractivity contribution in [2.75, 3.05) is 13.7 Å². The molecule has 0 aromatic carbocycles. The van der Waals surface area contributed by atoms with Gasteiger partial charge in [-0.15, -0.1) is 0 Å². The van der Waals surface area contributed by atoms with E-state index in [4.69, 9.17) is 5.26 Å². The first-order valence-corrected chi connectivity index (χ1v) is 3.44. The van der Waals surface area contributed by atoms with Crippen molar-refractivity contribution in [2.24, 2.45) is 5.16 Å². The maximum absolute atomic E-state index is 10.7. The zero-order valence-electron chi connectivity index (χ0n) is 7.03. The van der Waals surface area contributed by atoms with Crippen molar-refractivity contribution >= 4 is 11.7 Å². The Morgan fingerprint density at radius 1 is 1.67 bits per heavy atom. The van der Waals surface area contributed by atoms with Crippen molar-refractivity contribution in [2.45, 2.75) is 13.3 Å². The molecule has 5 nitrogen and oxygen atoms in total. The van der Waals surface area contributed by atoms with Crippen LogP contribution in [0.15, 0.2) is 5.16 Å². The minimum Gasteiger partial charge on any atom is -0.464 e. The average molecular weight is 170 g/mol. The summed E-state index contributed by atoms with van der Waals surface area (Å²) in [5.41, 5.74) is -0.369. The Hall–Kier alpha value is -1.57. The SMILES string of the molecule is CCCON=C(C#N)C(=O)OC. The third-order valence-corrected chi connectivity index (χ3v) is 0.936. The zero-order chi connectivity index (χ0) is 9.40. The molecule has 0 unspecified atom stereocenters. The molecule has 0 saturated heterocycles. The van der Waals surface area contributed by atoms with E-state index in [1.54, 1.807) is 6.07 Å². The largest absolute Gasteiger partial charge is 0.464 e. The van der Waals surface area contributed by atoms with Crippen LogP contribution >= 0.6 is 0 Å². The Morgan fingerprint density at radius 2 is 2.33 bits per heavy atom. The summed E-state index contributed by atoms with van der Waals surface area (Å²) in [7, 11) is 1.18. The number of esters is 1. The Bertz CT molecular complexity index is 217. The lowest BCUT2D eigenvalue weighted by atomic mass is 10.4. The van der Waals surface area contributed by atoms with Crippen LogP contribution in [0.2, 0.25) is 0 Å². The third kappa shape index (κ3) is 3.56. The van der Waals surface area contributed by atoms with Gasteiger partial charge in [0.05, 0.1) is 7.11 Å². The number of rotatable bonds is 4. The highest BCUT2D eigenvalue weighted by Gasteiger charge is 2.10. The first-order chi connectivity index (χ1) is 5.76. The van der Waals surface area contributed by atoms with Crippen LogP contribution in [0.4, 0.5) is 0 Å². The van der Waals surface area contributed by atoms with Crippen molar-refractivity contribution in [1.29, 1.82) is 5.26 Å². The summed E-state index contributed by atoms with van der Waals surface area (Å²) < 4.78 is 4.26. The zero-order valence-corrected chi connectivity index (χ0v) is 7.03. The summed E-state index contributed by atoms with van der Waals surface area (Å²) in [6.07, 6.45) is 0.767. The monoisotopic (exact) mass is 170 g/mol. The van der Waals surface area contributed by atoms with E-state index in [1.165, 1.54) is 7.11 Å². The van der Waals surface area contributed by atoms with Gasteiger partial charge in [0.15, 0.2) is 0 Å². The van der Waals surface area contributed by atoms with Crippen LogP contribution in [0, 0.1) is 11.3 Å². The van der Waals surface area contributed by atoms with Gasteiger partial charge in [-0.2, -0.15) is 5.26 Å². The molecule has 0 amide bonds. The average Bonchev–Trinajstić information content (AvgIpc) is 2.11. The maximum atomic E-state index is 10.7. The van der Waals surface area contributed by atoms with E-state index in [2.05, 4.69) is 14.7 Å². The molecule has 0 N–H and O–H groups in total. The highest BCUT2D eigenvalue weighted by Crippen LogP contribution is 1.86. The molecule has 0 heterocycles. The Morgan fingerprint density at radius 3 is 2.75 bits per heavy atom. The van der Waals surface area contributed by atoms with Gasteiger partial charge in [0.2, 0.25) is 0 Å². The minimum atomic E-state index is -0.784. The number of carbonyl (C=O) groups is 1. The van der Waals surface area contributed by atoms with Gasteiger partial charge in [-0.3, -0.25) is 0 Å². The normalized spacial score (nSPS) is 10.2. The highest BCUT2D eigenvalue weighted by molar-refractivity contribution is 6.42. The Kier molecular flexibility index (Phi) is 5.35. The molecule has 0 fully saturated rings. The molecule has 0 radical (unpaired) electrons. The van der Waals surface area contributed by atoms with Crippen LogP contribution in [-0.2, 0) is 14.4 Å². The van der Waals surface area contributed by atoms with Crippen LogP contribution in [-0.4, -0.2) is 25.4 Å². The number of ether oxygens (including phenoxy) is 1. The fourth-order valence-corrected chi connectivity index (χ4v) is 0.401. The molecule has 5 heteroatoms. The van der Waals surface area contributed by atoms with E-state index >= 15 is 0 Å². The van der Waals surface area contributed by atoms with Crippen LogP contribution < -0.4 is 0 Å². The second-order valence-corrected chi connectivity index (χ2v) is 1.88. The summed E-state index contributed by atoms with van der Waals surface area (Å²) in [5, 5.41) is 11.6. The molecule has 0 aliphatic carbocycles. The number of hydrogen-bond donors (Lipinski definition) is 0. The molecule has 66 valence electrons. The van der Waals surface area contributed by atoms with Crippen LogP contribution in [0.1, 0.15) is 13.3 Å². The number of carbonyl (C=O) groups excluding carboxylic acids is 1. The molecule has 0 spiro atoms. The van der Waals surface area contributed by atoms with Gasteiger partial charge < -0.3 is 9.57 Å². The Balaban J connectivity index is 4.07. The smallest absolute Gasteiger partial charge is 0.371 e. The fraction of sp³-hybridized carbons (Fsp3) is 0.571. The fourth-order valence-electron chi connectivity index (χ4n) is 0.401. The Labute approximate surface area is 70.6 Å². The van der Waals surface area contributed by atoms with Gasteiger partial charge in [-0.05, 0) is 6.42 Å². The lowest BCUT2D eigenvalue weighted by Gasteiger charge is -1.96. The molecule has 0 rings (SSSR count).